The van der Waals surface area contributed by atoms with E-state index in [4.69, 9.17) is 0 Å². The zero-order valence-corrected chi connectivity index (χ0v) is 12.9. The molecule has 0 bridgehead atoms. The number of hydrogen-bond acceptors (Lipinski definition) is 3. The Hall–Kier alpha value is -2.15. The topological polar surface area (TPSA) is 88.0 Å². The number of alkyl halides is 1. The summed E-state index contributed by atoms with van der Waals surface area (Å²) in [7, 11) is 0. The first-order valence-corrected chi connectivity index (χ1v) is 7.36. The highest BCUT2D eigenvalue weighted by Crippen LogP contribution is 2.23. The number of nitrogens with zero attached hydrogens (tertiary/aromatic N) is 1. The van der Waals surface area contributed by atoms with Gasteiger partial charge in [0.25, 0.3) is 5.91 Å². The van der Waals surface area contributed by atoms with Gasteiger partial charge in [-0.2, -0.15) is 0 Å². The molecule has 1 aromatic carbocycles. The van der Waals surface area contributed by atoms with E-state index in [9.17, 15) is 14.9 Å². The Morgan fingerprint density at radius 2 is 2.00 bits per heavy atom. The lowest BCUT2D eigenvalue weighted by molar-refractivity contribution is -0.389. The van der Waals surface area contributed by atoms with Crippen LogP contribution in [0.2, 0.25) is 0 Å². The van der Waals surface area contributed by atoms with E-state index in [-0.39, 0.29) is 11.5 Å². The Morgan fingerprint density at radius 1 is 1.33 bits per heavy atom. The molecule has 2 rings (SSSR count). The van der Waals surface area contributed by atoms with Crippen LogP contribution in [-0.4, -0.2) is 21.1 Å². The van der Waals surface area contributed by atoms with Crippen molar-refractivity contribution in [3.63, 3.8) is 0 Å². The van der Waals surface area contributed by atoms with Crippen molar-refractivity contribution >= 4 is 27.7 Å². The van der Waals surface area contributed by atoms with Crippen molar-refractivity contribution in [2.75, 3.05) is 5.33 Å². The summed E-state index contributed by atoms with van der Waals surface area (Å²) < 4.78 is 0. The highest BCUT2D eigenvalue weighted by atomic mass is 79.9. The van der Waals surface area contributed by atoms with E-state index in [1.807, 2.05) is 37.3 Å². The molecule has 0 spiro atoms. The van der Waals surface area contributed by atoms with Crippen molar-refractivity contribution in [2.45, 2.75) is 12.5 Å². The van der Waals surface area contributed by atoms with Crippen LogP contribution < -0.4 is 5.32 Å². The summed E-state index contributed by atoms with van der Waals surface area (Å²) in [5.74, 6) is -0.602. The summed E-state index contributed by atoms with van der Waals surface area (Å²) >= 11 is 3.41. The Morgan fingerprint density at radius 3 is 2.52 bits per heavy atom. The predicted molar refractivity (Wildman–Crippen MR) is 82.5 cm³/mol. The minimum atomic E-state index is -0.613. The number of halogens is 1. The molecular weight excluding hydrogens is 338 g/mol. The molecule has 110 valence electrons. The van der Waals surface area contributed by atoms with Crippen LogP contribution in [-0.2, 0) is 5.54 Å². The van der Waals surface area contributed by atoms with Gasteiger partial charge < -0.3 is 15.4 Å². The number of benzene rings is 1. The number of rotatable bonds is 5. The average Bonchev–Trinajstić information content (AvgIpc) is 2.98. The number of nitro groups is 1. The Labute approximate surface area is 129 Å². The molecule has 0 aliphatic carbocycles. The second kappa shape index (κ2) is 6.09. The highest BCUT2D eigenvalue weighted by molar-refractivity contribution is 9.09. The summed E-state index contributed by atoms with van der Waals surface area (Å²) in [6, 6.07) is 12.2. The van der Waals surface area contributed by atoms with Gasteiger partial charge in [0.1, 0.15) is 0 Å². The lowest BCUT2D eigenvalue weighted by Crippen LogP contribution is -2.45. The molecule has 0 aliphatic heterocycles. The molecule has 1 amide bonds. The number of amides is 1. The minimum Gasteiger partial charge on any atom is -0.358 e. The molecular formula is C14H14BrN3O3. The standard InChI is InChI=1S/C14H14BrN3O3/c1-14(9-15,10-5-3-2-4-6-10)17-13(19)11-7-8-12(16-11)18(20)21/h2-8,16H,9H2,1H3,(H,17,19). The molecule has 1 atom stereocenters. The fourth-order valence-corrected chi connectivity index (χ4v) is 2.39. The van der Waals surface area contributed by atoms with Gasteiger partial charge in [0.2, 0.25) is 0 Å². The second-order valence-electron chi connectivity index (χ2n) is 4.80. The van der Waals surface area contributed by atoms with Crippen molar-refractivity contribution in [2.24, 2.45) is 0 Å². The zero-order chi connectivity index (χ0) is 15.5. The van der Waals surface area contributed by atoms with Crippen LogP contribution in [0.15, 0.2) is 42.5 Å². The molecule has 1 unspecified atom stereocenters. The third-order valence-electron chi connectivity index (χ3n) is 3.18. The lowest BCUT2D eigenvalue weighted by Gasteiger charge is -2.28. The van der Waals surface area contributed by atoms with Gasteiger partial charge in [-0.25, -0.2) is 4.98 Å². The van der Waals surface area contributed by atoms with Crippen molar-refractivity contribution < 1.29 is 9.72 Å². The van der Waals surface area contributed by atoms with Crippen LogP contribution in [0.4, 0.5) is 5.82 Å². The van der Waals surface area contributed by atoms with E-state index in [2.05, 4.69) is 26.2 Å². The molecule has 2 N–H and O–H groups in total. The Bertz CT molecular complexity index is 656. The summed E-state index contributed by atoms with van der Waals surface area (Å²) in [6.45, 7) is 1.88. The summed E-state index contributed by atoms with van der Waals surface area (Å²) in [4.78, 5) is 24.8. The molecule has 6 nitrogen and oxygen atoms in total. The lowest BCUT2D eigenvalue weighted by atomic mass is 9.94. The fourth-order valence-electron chi connectivity index (χ4n) is 1.93. The van der Waals surface area contributed by atoms with Crippen LogP contribution in [0.3, 0.4) is 0 Å². The number of carbonyl (C=O) groups excluding carboxylic acids is 1. The monoisotopic (exact) mass is 351 g/mol. The second-order valence-corrected chi connectivity index (χ2v) is 5.36. The molecule has 0 saturated carbocycles. The van der Waals surface area contributed by atoms with Gasteiger partial charge in [0, 0.05) is 11.4 Å². The molecule has 2 aromatic rings. The van der Waals surface area contributed by atoms with E-state index < -0.39 is 16.4 Å². The van der Waals surface area contributed by atoms with E-state index in [1.165, 1.54) is 12.1 Å². The number of H-pyrrole nitrogens is 1. The Kier molecular flexibility index (Phi) is 4.42. The van der Waals surface area contributed by atoms with Crippen LogP contribution in [0.25, 0.3) is 0 Å². The van der Waals surface area contributed by atoms with Crippen molar-refractivity contribution in [1.29, 1.82) is 0 Å². The molecule has 7 heteroatoms. The predicted octanol–water partition coefficient (Wildman–Crippen LogP) is 2.96. The van der Waals surface area contributed by atoms with E-state index in [0.717, 1.165) is 5.56 Å². The van der Waals surface area contributed by atoms with E-state index >= 15 is 0 Å². The number of hydrogen-bond donors (Lipinski definition) is 2. The fraction of sp³-hybridized carbons (Fsp3) is 0.214. The van der Waals surface area contributed by atoms with Crippen LogP contribution >= 0.6 is 15.9 Å². The van der Waals surface area contributed by atoms with Crippen LogP contribution in [0, 0.1) is 10.1 Å². The Balaban J connectivity index is 2.21. The van der Waals surface area contributed by atoms with Gasteiger partial charge in [0.05, 0.1) is 5.54 Å². The molecule has 0 fully saturated rings. The van der Waals surface area contributed by atoms with Gasteiger partial charge in [-0.05, 0) is 23.5 Å². The minimum absolute atomic E-state index is 0.157. The van der Waals surface area contributed by atoms with E-state index in [1.54, 1.807) is 0 Å². The molecule has 1 heterocycles. The normalized spacial score (nSPS) is 13.4. The number of nitrogens with one attached hydrogen (secondary N) is 2. The van der Waals surface area contributed by atoms with Gasteiger partial charge in [-0.3, -0.25) is 4.79 Å². The first-order valence-electron chi connectivity index (χ1n) is 6.24. The highest BCUT2D eigenvalue weighted by Gasteiger charge is 2.29. The third kappa shape index (κ3) is 3.30. The molecule has 0 aliphatic rings. The quantitative estimate of drug-likeness (QED) is 0.493. The van der Waals surface area contributed by atoms with Crippen LogP contribution in [0.1, 0.15) is 23.0 Å². The first kappa shape index (κ1) is 15.2. The summed E-state index contributed by atoms with van der Waals surface area (Å²) in [5, 5.41) is 14.0. The number of carbonyl (C=O) groups is 1. The van der Waals surface area contributed by atoms with Crippen molar-refractivity contribution in [3.05, 3.63) is 63.8 Å². The zero-order valence-electron chi connectivity index (χ0n) is 11.3. The molecule has 1 aromatic heterocycles. The van der Waals surface area contributed by atoms with Gasteiger partial charge >= 0.3 is 5.82 Å². The van der Waals surface area contributed by atoms with Crippen molar-refractivity contribution in [3.8, 4) is 0 Å². The molecule has 0 radical (unpaired) electrons. The maximum atomic E-state index is 12.2. The molecule has 21 heavy (non-hydrogen) atoms. The number of aromatic nitrogens is 1. The maximum Gasteiger partial charge on any atom is 0.321 e. The summed E-state index contributed by atoms with van der Waals surface area (Å²) in [5.41, 5.74) is 0.485. The number of aromatic amines is 1. The van der Waals surface area contributed by atoms with Gasteiger partial charge in [-0.15, -0.1) is 0 Å². The van der Waals surface area contributed by atoms with Gasteiger partial charge in [-0.1, -0.05) is 46.3 Å². The smallest absolute Gasteiger partial charge is 0.321 e. The maximum absolute atomic E-state index is 12.2. The first-order chi connectivity index (χ1) is 9.96. The summed E-state index contributed by atoms with van der Waals surface area (Å²) in [6.07, 6.45) is 0. The largest absolute Gasteiger partial charge is 0.358 e. The third-order valence-corrected chi connectivity index (χ3v) is 4.30. The molecule has 0 saturated heterocycles. The SMILES string of the molecule is CC(CBr)(NC(=O)c1ccc([N+](=O)[O-])[nH]1)c1ccccc1. The van der Waals surface area contributed by atoms with E-state index in [0.29, 0.717) is 5.33 Å². The average molecular weight is 352 g/mol. The van der Waals surface area contributed by atoms with Crippen LogP contribution in [0.5, 0.6) is 0 Å². The van der Waals surface area contributed by atoms with Gasteiger partial charge in [0.15, 0.2) is 5.69 Å². The van der Waals surface area contributed by atoms with Crippen molar-refractivity contribution in [1.82, 2.24) is 10.3 Å².